The largest absolute Gasteiger partial charge is 0.465 e. The fourth-order valence-electron chi connectivity index (χ4n) is 2.89. The molecule has 0 aliphatic carbocycles. The first-order chi connectivity index (χ1) is 17.0. The van der Waals surface area contributed by atoms with E-state index in [1.807, 2.05) is 12.1 Å². The zero-order valence-electron chi connectivity index (χ0n) is 18.7. The summed E-state index contributed by atoms with van der Waals surface area (Å²) < 4.78 is 134. The Bertz CT molecular complexity index is 1290. The number of fused-ring (bicyclic) bond motifs is 1. The molecular formula is C19H17F9N2O7S. The van der Waals surface area contributed by atoms with Crippen molar-refractivity contribution >= 4 is 32.7 Å². The van der Waals surface area contributed by atoms with E-state index in [0.717, 1.165) is 10.9 Å². The normalized spacial score (nSPS) is 13.0. The molecule has 0 aliphatic rings. The molecule has 2 aromatic carbocycles. The predicted octanol–water partition coefficient (Wildman–Crippen LogP) is 5.59. The predicted molar refractivity (Wildman–Crippen MR) is 112 cm³/mol. The Morgan fingerprint density at radius 1 is 0.947 bits per heavy atom. The number of nitro benzene ring substituents is 1. The molecule has 38 heavy (non-hydrogen) atoms. The van der Waals surface area contributed by atoms with Gasteiger partial charge in [-0.1, -0.05) is 24.3 Å². The van der Waals surface area contributed by atoms with E-state index in [1.54, 1.807) is 25.1 Å². The molecule has 0 fully saturated rings. The van der Waals surface area contributed by atoms with Crippen LogP contribution in [0.1, 0.15) is 12.5 Å². The molecule has 0 aromatic heterocycles. The van der Waals surface area contributed by atoms with Crippen molar-refractivity contribution in [2.75, 3.05) is 13.1 Å². The van der Waals surface area contributed by atoms with Crippen molar-refractivity contribution in [3.8, 4) is 0 Å². The highest BCUT2D eigenvalue weighted by Crippen LogP contribution is 2.54. The topological polar surface area (TPSA) is 138 Å². The third kappa shape index (κ3) is 6.37. The van der Waals surface area contributed by atoms with E-state index < -0.39 is 44.4 Å². The number of rotatable bonds is 8. The number of hydrogen-bond acceptors (Lipinski definition) is 5. The number of likely N-dealkylation sites (N-methyl/N-ethyl adjacent to an activating group) is 1. The van der Waals surface area contributed by atoms with Gasteiger partial charge in [-0.2, -0.15) is 47.9 Å². The van der Waals surface area contributed by atoms with Crippen LogP contribution in [0.2, 0.25) is 0 Å². The van der Waals surface area contributed by atoms with Gasteiger partial charge in [0.2, 0.25) is 0 Å². The summed E-state index contributed by atoms with van der Waals surface area (Å²) in [5, 5.41) is 14.4. The molecule has 0 unspecified atom stereocenters. The molecule has 0 saturated carbocycles. The number of alkyl halides is 9. The fraction of sp³-hybridized carbons (Fsp3) is 0.421. The molecule has 0 atom stereocenters. The van der Waals surface area contributed by atoms with Crippen molar-refractivity contribution < 1.29 is 67.3 Å². The van der Waals surface area contributed by atoms with Gasteiger partial charge in [0, 0.05) is 19.2 Å². The molecule has 19 heteroatoms. The van der Waals surface area contributed by atoms with Crippen molar-refractivity contribution in [3.63, 3.8) is 0 Å². The molecule has 0 radical (unpaired) electrons. The van der Waals surface area contributed by atoms with Gasteiger partial charge in [0.25, 0.3) is 5.69 Å². The minimum atomic E-state index is -7.37. The molecule has 1 amide bonds. The molecule has 0 heterocycles. The number of carboxylic acid groups (broad SMARTS) is 1. The Balaban J connectivity index is 0.000000391. The molecule has 2 rings (SSSR count). The monoisotopic (exact) mass is 588 g/mol. The Hall–Kier alpha value is -3.35. The van der Waals surface area contributed by atoms with E-state index in [2.05, 4.69) is 0 Å². The second-order valence-electron chi connectivity index (χ2n) is 7.30. The average Bonchev–Trinajstić information content (AvgIpc) is 2.77. The van der Waals surface area contributed by atoms with Crippen LogP contribution in [-0.2, 0) is 16.5 Å². The van der Waals surface area contributed by atoms with Gasteiger partial charge in [0.05, 0.1) is 10.3 Å². The van der Waals surface area contributed by atoms with E-state index in [1.165, 1.54) is 11.0 Å². The molecule has 0 aliphatic heterocycles. The second-order valence-corrected chi connectivity index (χ2v) is 8.76. The van der Waals surface area contributed by atoms with Gasteiger partial charge in [0.1, 0.15) is 0 Å². The average molecular weight is 588 g/mol. The van der Waals surface area contributed by atoms with E-state index in [0.29, 0.717) is 24.9 Å². The number of amides is 1. The lowest BCUT2D eigenvalue weighted by Crippen LogP contribution is -2.63. The number of nitrogens with zero attached hydrogens (tertiary/aromatic N) is 2. The lowest BCUT2D eigenvalue weighted by Gasteiger charge is -2.31. The summed E-state index contributed by atoms with van der Waals surface area (Å²) in [5.74, 6) is -14.7. The first-order valence-corrected chi connectivity index (χ1v) is 11.3. The molecule has 9 nitrogen and oxygen atoms in total. The lowest BCUT2D eigenvalue weighted by molar-refractivity contribution is -0.383. The van der Waals surface area contributed by atoms with Gasteiger partial charge in [-0.15, -0.1) is 0 Å². The Morgan fingerprint density at radius 3 is 1.84 bits per heavy atom. The van der Waals surface area contributed by atoms with Crippen LogP contribution in [-0.4, -0.2) is 70.4 Å². The maximum Gasteiger partial charge on any atom is 0.460 e. The van der Waals surface area contributed by atoms with Crippen molar-refractivity contribution in [2.24, 2.45) is 0 Å². The maximum absolute atomic E-state index is 12.2. The summed E-state index contributed by atoms with van der Waals surface area (Å²) in [7, 11) is -7.17. The number of nitro groups is 1. The van der Waals surface area contributed by atoms with Crippen LogP contribution in [0.25, 0.3) is 10.8 Å². The Labute approximate surface area is 207 Å². The SMILES string of the molecule is CCN(CCc1ccc([N+](=O)[O-])c2ccccc12)C(=O)O.O=S(=O)(O)C(F)(F)C(F)(F)C(F)(F)C(F)(F)F. The summed E-state index contributed by atoms with van der Waals surface area (Å²) in [4.78, 5) is 23.0. The van der Waals surface area contributed by atoms with Gasteiger partial charge in [-0.05, 0) is 30.4 Å². The third-order valence-corrected chi connectivity index (χ3v) is 5.84. The molecule has 0 bridgehead atoms. The highest BCUT2D eigenvalue weighted by molar-refractivity contribution is 7.87. The molecule has 0 spiro atoms. The molecule has 0 saturated heterocycles. The van der Waals surface area contributed by atoms with Crippen LogP contribution >= 0.6 is 0 Å². The van der Waals surface area contributed by atoms with Crippen molar-refractivity contribution in [1.29, 1.82) is 0 Å². The first kappa shape index (κ1) is 32.7. The van der Waals surface area contributed by atoms with E-state index in [-0.39, 0.29) is 5.69 Å². The minimum absolute atomic E-state index is 0.0694. The zero-order valence-corrected chi connectivity index (χ0v) is 19.5. The van der Waals surface area contributed by atoms with Crippen LogP contribution in [0.5, 0.6) is 0 Å². The summed E-state index contributed by atoms with van der Waals surface area (Å²) in [6.45, 7) is 2.57. The molecular weight excluding hydrogens is 571 g/mol. The summed E-state index contributed by atoms with van der Waals surface area (Å²) in [5.41, 5.74) is 0.982. The number of carbonyl (C=O) groups is 1. The highest BCUT2D eigenvalue weighted by Gasteiger charge is 2.85. The van der Waals surface area contributed by atoms with Crippen molar-refractivity contribution in [3.05, 3.63) is 52.1 Å². The van der Waals surface area contributed by atoms with Crippen LogP contribution in [0.3, 0.4) is 0 Å². The maximum atomic E-state index is 12.2. The quantitative estimate of drug-likeness (QED) is 0.177. The number of non-ortho nitro benzene ring substituents is 1. The third-order valence-electron chi connectivity index (χ3n) is 4.93. The van der Waals surface area contributed by atoms with E-state index >= 15 is 0 Å². The minimum Gasteiger partial charge on any atom is -0.465 e. The van der Waals surface area contributed by atoms with Gasteiger partial charge in [0.15, 0.2) is 0 Å². The smallest absolute Gasteiger partial charge is 0.460 e. The van der Waals surface area contributed by atoms with Crippen molar-refractivity contribution in [1.82, 2.24) is 4.90 Å². The van der Waals surface area contributed by atoms with E-state index in [4.69, 9.17) is 9.66 Å². The Kier molecular flexibility index (Phi) is 9.61. The standard InChI is InChI=1S/C15H16N2O4.C4HF9O3S/c1-2-16(15(18)19)10-9-11-7-8-14(17(20)21)13-6-4-3-5-12(11)13;5-1(6,3(9,10)11)2(7,8)4(12,13)17(14,15)16/h3-8H,2,9-10H2,1H3,(H,18,19);(H,14,15,16). The van der Waals surface area contributed by atoms with Crippen LogP contribution in [0, 0.1) is 10.1 Å². The molecule has 214 valence electrons. The van der Waals surface area contributed by atoms with Gasteiger partial charge >= 0.3 is 39.5 Å². The number of benzene rings is 2. The summed E-state index contributed by atoms with van der Waals surface area (Å²) >= 11 is 0. The lowest BCUT2D eigenvalue weighted by atomic mass is 10.0. The van der Waals surface area contributed by atoms with Gasteiger partial charge in [-0.25, -0.2) is 4.79 Å². The Morgan fingerprint density at radius 2 is 1.45 bits per heavy atom. The van der Waals surface area contributed by atoms with Crippen LogP contribution < -0.4 is 0 Å². The van der Waals surface area contributed by atoms with Crippen LogP contribution in [0.4, 0.5) is 50.0 Å². The zero-order chi connectivity index (χ0) is 29.9. The van der Waals surface area contributed by atoms with Gasteiger partial charge < -0.3 is 10.0 Å². The molecule has 2 N–H and O–H groups in total. The molecule has 2 aromatic rings. The highest BCUT2D eigenvalue weighted by atomic mass is 32.2. The van der Waals surface area contributed by atoms with Gasteiger partial charge in [-0.3, -0.25) is 14.7 Å². The summed E-state index contributed by atoms with van der Waals surface area (Å²) in [6.07, 6.45) is -7.56. The van der Waals surface area contributed by atoms with E-state index in [9.17, 15) is 62.8 Å². The summed E-state index contributed by atoms with van der Waals surface area (Å²) in [6, 6.07) is 10.3. The number of halogens is 9. The number of hydrogen-bond donors (Lipinski definition) is 2. The van der Waals surface area contributed by atoms with Crippen LogP contribution in [0.15, 0.2) is 36.4 Å². The second kappa shape index (κ2) is 11.2. The fourth-order valence-corrected chi connectivity index (χ4v) is 3.34. The van der Waals surface area contributed by atoms with Crippen molar-refractivity contribution in [2.45, 2.75) is 36.6 Å². The first-order valence-electron chi connectivity index (χ1n) is 9.84.